The van der Waals surface area contributed by atoms with Gasteiger partial charge in [0.05, 0.1) is 16.4 Å². The van der Waals surface area contributed by atoms with E-state index in [4.69, 9.17) is 14.2 Å². The molecule has 1 unspecified atom stereocenters. The van der Waals surface area contributed by atoms with Gasteiger partial charge in [0.15, 0.2) is 5.44 Å². The molecule has 0 spiro atoms. The van der Waals surface area contributed by atoms with Gasteiger partial charge in [0.25, 0.3) is 0 Å². The Labute approximate surface area is 179 Å². The van der Waals surface area contributed by atoms with Crippen LogP contribution in [0.3, 0.4) is 0 Å². The Bertz CT molecular complexity index is 906. The van der Waals surface area contributed by atoms with Gasteiger partial charge in [-0.1, -0.05) is 35.4 Å². The molecule has 3 rings (SSSR count). The molecule has 7 heteroatoms. The van der Waals surface area contributed by atoms with Crippen LogP contribution in [0, 0.1) is 13.8 Å². The van der Waals surface area contributed by atoms with Crippen molar-refractivity contribution < 1.29 is 28.6 Å². The monoisotopic (exact) mass is 428 g/mol. The van der Waals surface area contributed by atoms with Crippen molar-refractivity contribution in [2.45, 2.75) is 44.0 Å². The number of carbonyl (C=O) groups excluding carboxylic acids is 3. The molecular weight excluding hydrogens is 404 g/mol. The van der Waals surface area contributed by atoms with Crippen LogP contribution < -0.4 is 0 Å². The first kappa shape index (κ1) is 21.9. The minimum absolute atomic E-state index is 0.0426. The Hall–Kier alpha value is -2.80. The summed E-state index contributed by atoms with van der Waals surface area (Å²) >= 11 is 1.33. The molecular formula is C23H24O6S. The van der Waals surface area contributed by atoms with Gasteiger partial charge in [-0.15, -0.1) is 11.8 Å². The molecule has 1 aliphatic heterocycles. The zero-order valence-electron chi connectivity index (χ0n) is 17.1. The molecule has 30 heavy (non-hydrogen) atoms. The molecule has 6 nitrogen and oxygen atoms in total. The summed E-state index contributed by atoms with van der Waals surface area (Å²) < 4.78 is 16.4. The summed E-state index contributed by atoms with van der Waals surface area (Å²) in [5.41, 5.74) is 2.52. The normalized spacial score (nSPS) is 20.4. The quantitative estimate of drug-likeness (QED) is 0.507. The third-order valence-corrected chi connectivity index (χ3v) is 6.06. The zero-order chi connectivity index (χ0) is 21.7. The molecule has 1 aliphatic rings. The van der Waals surface area contributed by atoms with E-state index < -0.39 is 29.4 Å². The first-order chi connectivity index (χ1) is 14.3. The molecule has 0 bridgehead atoms. The van der Waals surface area contributed by atoms with E-state index in [0.29, 0.717) is 17.5 Å². The van der Waals surface area contributed by atoms with Gasteiger partial charge in [0.1, 0.15) is 12.7 Å². The van der Waals surface area contributed by atoms with Crippen molar-refractivity contribution in [3.05, 3.63) is 70.8 Å². The van der Waals surface area contributed by atoms with E-state index in [-0.39, 0.29) is 11.9 Å². The smallest absolute Gasteiger partial charge is 0.338 e. The Balaban J connectivity index is 1.65. The van der Waals surface area contributed by atoms with E-state index >= 15 is 0 Å². The highest BCUT2D eigenvalue weighted by atomic mass is 32.2. The van der Waals surface area contributed by atoms with Crippen LogP contribution in [0.4, 0.5) is 0 Å². The highest BCUT2D eigenvalue weighted by molar-refractivity contribution is 8.00. The molecule has 0 aromatic heterocycles. The van der Waals surface area contributed by atoms with E-state index in [1.165, 1.54) is 18.7 Å². The van der Waals surface area contributed by atoms with Crippen molar-refractivity contribution in [2.24, 2.45) is 0 Å². The van der Waals surface area contributed by atoms with E-state index in [1.54, 1.807) is 24.3 Å². The molecule has 0 saturated carbocycles. The molecule has 1 heterocycles. The highest BCUT2D eigenvalue weighted by Crippen LogP contribution is 2.37. The number of benzene rings is 2. The summed E-state index contributed by atoms with van der Waals surface area (Å²) in [6, 6.07) is 14.2. The molecule has 2 aromatic carbocycles. The Morgan fingerprint density at radius 2 is 1.40 bits per heavy atom. The Kier molecular flexibility index (Phi) is 7.15. The largest absolute Gasteiger partial charge is 0.461 e. The molecule has 0 N–H and O–H groups in total. The summed E-state index contributed by atoms with van der Waals surface area (Å²) in [5.74, 6) is -1.32. The van der Waals surface area contributed by atoms with Gasteiger partial charge in [-0.2, -0.15) is 0 Å². The number of hydrogen-bond acceptors (Lipinski definition) is 7. The van der Waals surface area contributed by atoms with Crippen LogP contribution in [0.5, 0.6) is 0 Å². The van der Waals surface area contributed by atoms with Gasteiger partial charge < -0.3 is 14.2 Å². The minimum atomic E-state index is -0.543. The van der Waals surface area contributed by atoms with E-state index in [9.17, 15) is 14.4 Å². The van der Waals surface area contributed by atoms with Crippen LogP contribution in [0.15, 0.2) is 48.5 Å². The van der Waals surface area contributed by atoms with Crippen molar-refractivity contribution >= 4 is 29.7 Å². The number of ether oxygens (including phenoxy) is 3. The summed E-state index contributed by atoms with van der Waals surface area (Å²) in [7, 11) is 0. The van der Waals surface area contributed by atoms with Gasteiger partial charge in [-0.25, -0.2) is 9.59 Å². The SMILES string of the molecule is CC(=O)OC1C[C@@H](OC(=O)c2ccc(C)cc2)[C@H](COC(=O)c2ccc(C)cc2)S1. The third-order valence-electron chi connectivity index (χ3n) is 4.68. The van der Waals surface area contributed by atoms with Crippen molar-refractivity contribution in [2.75, 3.05) is 6.61 Å². The van der Waals surface area contributed by atoms with Crippen LogP contribution in [-0.2, 0) is 19.0 Å². The fraction of sp³-hybridized carbons (Fsp3) is 0.348. The molecule has 1 saturated heterocycles. The van der Waals surface area contributed by atoms with Crippen molar-refractivity contribution in [1.29, 1.82) is 0 Å². The lowest BCUT2D eigenvalue weighted by molar-refractivity contribution is -0.142. The fourth-order valence-corrected chi connectivity index (χ4v) is 4.41. The van der Waals surface area contributed by atoms with Crippen LogP contribution in [0.25, 0.3) is 0 Å². The minimum Gasteiger partial charge on any atom is -0.461 e. The number of hydrogen-bond donors (Lipinski definition) is 0. The molecule has 2 aromatic rings. The topological polar surface area (TPSA) is 78.9 Å². The van der Waals surface area contributed by atoms with Crippen molar-refractivity contribution in [3.63, 3.8) is 0 Å². The first-order valence-electron chi connectivity index (χ1n) is 9.66. The van der Waals surface area contributed by atoms with Crippen LogP contribution in [0.1, 0.15) is 45.2 Å². The van der Waals surface area contributed by atoms with E-state index in [0.717, 1.165) is 11.1 Å². The second-order valence-corrected chi connectivity index (χ2v) is 8.63. The number of rotatable bonds is 6. The number of esters is 3. The van der Waals surface area contributed by atoms with Gasteiger partial charge in [-0.3, -0.25) is 4.79 Å². The number of carbonyl (C=O) groups is 3. The van der Waals surface area contributed by atoms with Crippen LogP contribution >= 0.6 is 11.8 Å². The molecule has 1 fully saturated rings. The maximum atomic E-state index is 12.5. The van der Waals surface area contributed by atoms with Crippen molar-refractivity contribution in [1.82, 2.24) is 0 Å². The molecule has 0 amide bonds. The molecule has 158 valence electrons. The first-order valence-corrected chi connectivity index (χ1v) is 10.6. The molecule has 0 aliphatic carbocycles. The average molecular weight is 429 g/mol. The molecule has 3 atom stereocenters. The Morgan fingerprint density at radius 3 is 1.93 bits per heavy atom. The highest BCUT2D eigenvalue weighted by Gasteiger charge is 2.40. The lowest BCUT2D eigenvalue weighted by Crippen LogP contribution is -2.29. The predicted molar refractivity (Wildman–Crippen MR) is 113 cm³/mol. The van der Waals surface area contributed by atoms with Crippen LogP contribution in [-0.4, -0.2) is 41.3 Å². The third kappa shape index (κ3) is 5.86. The second-order valence-electron chi connectivity index (χ2n) is 7.22. The second kappa shape index (κ2) is 9.80. The summed E-state index contributed by atoms with van der Waals surface area (Å²) in [5, 5.41) is -0.335. The van der Waals surface area contributed by atoms with E-state index in [2.05, 4.69) is 0 Å². The van der Waals surface area contributed by atoms with Gasteiger partial charge in [-0.05, 0) is 38.1 Å². The average Bonchev–Trinajstić information content (AvgIpc) is 3.07. The van der Waals surface area contributed by atoms with Gasteiger partial charge >= 0.3 is 17.9 Å². The predicted octanol–water partition coefficient (Wildman–Crippen LogP) is 4.08. The lowest BCUT2D eigenvalue weighted by atomic mass is 10.1. The van der Waals surface area contributed by atoms with Crippen molar-refractivity contribution in [3.8, 4) is 0 Å². The molecule has 0 radical (unpaired) electrons. The lowest BCUT2D eigenvalue weighted by Gasteiger charge is -2.19. The summed E-state index contributed by atoms with van der Waals surface area (Å²) in [6.45, 7) is 5.25. The fourth-order valence-electron chi connectivity index (χ4n) is 3.04. The summed E-state index contributed by atoms with van der Waals surface area (Å²) in [4.78, 5) is 36.2. The number of thioether (sulfide) groups is 1. The van der Waals surface area contributed by atoms with E-state index in [1.807, 2.05) is 38.1 Å². The maximum absolute atomic E-state index is 12.5. The Morgan fingerprint density at radius 1 is 0.867 bits per heavy atom. The summed E-state index contributed by atoms with van der Waals surface area (Å²) in [6.07, 6.45) is -0.201. The zero-order valence-corrected chi connectivity index (χ0v) is 17.9. The standard InChI is InChI=1S/C23H24O6S/c1-14-4-8-17(9-5-14)22(25)27-13-20-19(12-21(30-20)28-16(3)24)29-23(26)18-10-6-15(2)7-11-18/h4-11,19-21H,12-13H2,1-3H3/t19-,20+,21?/m1/s1. The van der Waals surface area contributed by atoms with Gasteiger partial charge in [0, 0.05) is 13.3 Å². The van der Waals surface area contributed by atoms with Crippen LogP contribution in [0.2, 0.25) is 0 Å². The number of aryl methyl sites for hydroxylation is 2. The van der Waals surface area contributed by atoms with Gasteiger partial charge in [0.2, 0.25) is 0 Å². The maximum Gasteiger partial charge on any atom is 0.338 e.